The summed E-state index contributed by atoms with van der Waals surface area (Å²) < 4.78 is 0. The highest BCUT2D eigenvalue weighted by molar-refractivity contribution is 5.79. The minimum atomic E-state index is -0.130. The maximum Gasteiger partial charge on any atom is 0.234 e. The first-order chi connectivity index (χ1) is 8.34. The highest BCUT2D eigenvalue weighted by atomic mass is 16.2. The molecule has 1 fully saturated rings. The van der Waals surface area contributed by atoms with Gasteiger partial charge in [0.25, 0.3) is 0 Å². The van der Waals surface area contributed by atoms with E-state index in [1.807, 2.05) is 13.8 Å². The molecule has 1 amide bonds. The van der Waals surface area contributed by atoms with Gasteiger partial charge < -0.3 is 5.32 Å². The van der Waals surface area contributed by atoms with Crippen LogP contribution < -0.4 is 5.32 Å². The summed E-state index contributed by atoms with van der Waals surface area (Å²) in [5.74, 6) is 0.575. The molecule has 1 aliphatic heterocycles. The van der Waals surface area contributed by atoms with E-state index < -0.39 is 0 Å². The third-order valence-electron chi connectivity index (χ3n) is 3.89. The summed E-state index contributed by atoms with van der Waals surface area (Å²) in [4.78, 5) is 25.3. The number of hydrogen-bond donors (Lipinski definition) is 1. The lowest BCUT2D eigenvalue weighted by Crippen LogP contribution is -2.48. The Morgan fingerprint density at radius 3 is 2.28 bits per heavy atom. The standard InChI is InChI=1S/C14H26N2O2/c1-5-14(3,4)15-13(18)10-16-8-6-12(7-9-16)11(2)17/h12H,5-10H2,1-4H3,(H,15,18). The number of rotatable bonds is 5. The smallest absolute Gasteiger partial charge is 0.234 e. The van der Waals surface area contributed by atoms with Crippen molar-refractivity contribution in [2.24, 2.45) is 5.92 Å². The van der Waals surface area contributed by atoms with Crippen LogP contribution in [0.5, 0.6) is 0 Å². The summed E-state index contributed by atoms with van der Waals surface area (Å²) in [6.45, 7) is 9.96. The number of likely N-dealkylation sites (tertiary alicyclic amines) is 1. The van der Waals surface area contributed by atoms with E-state index in [0.717, 1.165) is 32.4 Å². The normalized spacial score (nSPS) is 18.7. The molecule has 0 aliphatic carbocycles. The fraction of sp³-hybridized carbons (Fsp3) is 0.857. The largest absolute Gasteiger partial charge is 0.350 e. The van der Waals surface area contributed by atoms with Crippen molar-refractivity contribution in [1.29, 1.82) is 0 Å². The Bertz CT molecular complexity index is 305. The van der Waals surface area contributed by atoms with Crippen LogP contribution in [-0.4, -0.2) is 41.8 Å². The van der Waals surface area contributed by atoms with Gasteiger partial charge in [0.15, 0.2) is 0 Å². The number of Topliss-reactive ketones (excluding diaryl/α,β-unsaturated/α-hetero) is 1. The molecule has 18 heavy (non-hydrogen) atoms. The van der Waals surface area contributed by atoms with Crippen LogP contribution in [0.1, 0.15) is 47.0 Å². The van der Waals surface area contributed by atoms with Crippen LogP contribution in [0.15, 0.2) is 0 Å². The monoisotopic (exact) mass is 254 g/mol. The van der Waals surface area contributed by atoms with E-state index in [1.165, 1.54) is 0 Å². The number of hydrogen-bond acceptors (Lipinski definition) is 3. The van der Waals surface area contributed by atoms with E-state index in [9.17, 15) is 9.59 Å². The molecule has 4 heteroatoms. The quantitative estimate of drug-likeness (QED) is 0.810. The molecule has 0 bridgehead atoms. The van der Waals surface area contributed by atoms with Crippen molar-refractivity contribution in [3.05, 3.63) is 0 Å². The molecular formula is C14H26N2O2. The molecule has 0 aromatic rings. The molecule has 0 aromatic heterocycles. The number of carbonyl (C=O) groups excluding carboxylic acids is 2. The highest BCUT2D eigenvalue weighted by Crippen LogP contribution is 2.17. The van der Waals surface area contributed by atoms with Crippen LogP contribution in [0.2, 0.25) is 0 Å². The van der Waals surface area contributed by atoms with Crippen LogP contribution in [0.4, 0.5) is 0 Å². The van der Waals surface area contributed by atoms with Gasteiger partial charge in [0.05, 0.1) is 6.54 Å². The fourth-order valence-corrected chi connectivity index (χ4v) is 2.21. The summed E-state index contributed by atoms with van der Waals surface area (Å²) in [6.07, 6.45) is 2.70. The molecule has 0 saturated carbocycles. The number of piperidine rings is 1. The number of nitrogens with zero attached hydrogens (tertiary/aromatic N) is 1. The van der Waals surface area contributed by atoms with Crippen LogP contribution >= 0.6 is 0 Å². The van der Waals surface area contributed by atoms with E-state index in [2.05, 4.69) is 17.1 Å². The van der Waals surface area contributed by atoms with Crippen LogP contribution in [-0.2, 0) is 9.59 Å². The average Bonchev–Trinajstić information content (AvgIpc) is 2.29. The third kappa shape index (κ3) is 4.77. The fourth-order valence-electron chi connectivity index (χ4n) is 2.21. The second-order valence-electron chi connectivity index (χ2n) is 5.95. The first-order valence-corrected chi connectivity index (χ1v) is 6.88. The predicted molar refractivity (Wildman–Crippen MR) is 72.4 cm³/mol. The molecule has 1 saturated heterocycles. The molecule has 0 radical (unpaired) electrons. The number of carbonyl (C=O) groups is 2. The van der Waals surface area contributed by atoms with Gasteiger partial charge in [-0.1, -0.05) is 6.92 Å². The summed E-state index contributed by atoms with van der Waals surface area (Å²) in [7, 11) is 0. The molecule has 4 nitrogen and oxygen atoms in total. The van der Waals surface area contributed by atoms with Gasteiger partial charge in [0, 0.05) is 11.5 Å². The van der Waals surface area contributed by atoms with Crippen molar-refractivity contribution in [1.82, 2.24) is 10.2 Å². The summed E-state index contributed by atoms with van der Waals surface area (Å²) in [6, 6.07) is 0. The zero-order valence-electron chi connectivity index (χ0n) is 12.1. The molecule has 0 atom stereocenters. The maximum absolute atomic E-state index is 11.9. The second kappa shape index (κ2) is 6.32. The Hall–Kier alpha value is -0.900. The predicted octanol–water partition coefficient (Wildman–Crippen LogP) is 1.59. The molecule has 0 spiro atoms. The number of nitrogens with one attached hydrogen (secondary N) is 1. The Labute approximate surface area is 110 Å². The lowest BCUT2D eigenvalue weighted by atomic mass is 9.93. The number of amides is 1. The lowest BCUT2D eigenvalue weighted by molar-refractivity contribution is -0.124. The molecular weight excluding hydrogens is 228 g/mol. The Balaban J connectivity index is 2.33. The molecule has 1 heterocycles. The van der Waals surface area contributed by atoms with Gasteiger partial charge in [-0.05, 0) is 53.1 Å². The second-order valence-corrected chi connectivity index (χ2v) is 5.95. The topological polar surface area (TPSA) is 49.4 Å². The molecule has 0 unspecified atom stereocenters. The molecule has 1 aliphatic rings. The van der Waals surface area contributed by atoms with Crippen molar-refractivity contribution in [3.8, 4) is 0 Å². The SMILES string of the molecule is CCC(C)(C)NC(=O)CN1CCC(C(C)=O)CC1. The van der Waals surface area contributed by atoms with E-state index >= 15 is 0 Å². The zero-order chi connectivity index (χ0) is 13.8. The van der Waals surface area contributed by atoms with Crippen molar-refractivity contribution in [3.63, 3.8) is 0 Å². The highest BCUT2D eigenvalue weighted by Gasteiger charge is 2.25. The van der Waals surface area contributed by atoms with Crippen molar-refractivity contribution in [2.75, 3.05) is 19.6 Å². The van der Waals surface area contributed by atoms with Crippen molar-refractivity contribution in [2.45, 2.75) is 52.5 Å². The zero-order valence-corrected chi connectivity index (χ0v) is 12.1. The van der Waals surface area contributed by atoms with E-state index in [0.29, 0.717) is 6.54 Å². The Morgan fingerprint density at radius 2 is 1.83 bits per heavy atom. The summed E-state index contributed by atoms with van der Waals surface area (Å²) >= 11 is 0. The van der Waals surface area contributed by atoms with Crippen LogP contribution in [0, 0.1) is 5.92 Å². The van der Waals surface area contributed by atoms with Crippen molar-refractivity contribution < 1.29 is 9.59 Å². The van der Waals surface area contributed by atoms with Gasteiger partial charge in [-0.25, -0.2) is 0 Å². The first kappa shape index (κ1) is 15.2. The van der Waals surface area contributed by atoms with Gasteiger partial charge >= 0.3 is 0 Å². The van der Waals surface area contributed by atoms with E-state index in [-0.39, 0.29) is 23.1 Å². The van der Waals surface area contributed by atoms with E-state index in [4.69, 9.17) is 0 Å². The lowest BCUT2D eigenvalue weighted by Gasteiger charge is -2.32. The van der Waals surface area contributed by atoms with Crippen LogP contribution in [0.3, 0.4) is 0 Å². The first-order valence-electron chi connectivity index (χ1n) is 6.88. The molecule has 0 aromatic carbocycles. The van der Waals surface area contributed by atoms with Gasteiger partial charge in [0.2, 0.25) is 5.91 Å². The van der Waals surface area contributed by atoms with Gasteiger partial charge in [-0.15, -0.1) is 0 Å². The molecule has 1 N–H and O–H groups in total. The average molecular weight is 254 g/mol. The van der Waals surface area contributed by atoms with Gasteiger partial charge in [-0.2, -0.15) is 0 Å². The molecule has 104 valence electrons. The van der Waals surface area contributed by atoms with Crippen LogP contribution in [0.25, 0.3) is 0 Å². The minimum absolute atomic E-state index is 0.0862. The van der Waals surface area contributed by atoms with Gasteiger partial charge in [0.1, 0.15) is 5.78 Å². The van der Waals surface area contributed by atoms with Crippen molar-refractivity contribution >= 4 is 11.7 Å². The minimum Gasteiger partial charge on any atom is -0.350 e. The van der Waals surface area contributed by atoms with E-state index in [1.54, 1.807) is 6.92 Å². The third-order valence-corrected chi connectivity index (χ3v) is 3.89. The number of ketones is 1. The summed E-state index contributed by atoms with van der Waals surface area (Å²) in [5.41, 5.74) is -0.130. The summed E-state index contributed by atoms with van der Waals surface area (Å²) in [5, 5.41) is 3.04. The molecule has 1 rings (SSSR count). The Kier molecular flexibility index (Phi) is 5.32. The Morgan fingerprint density at radius 1 is 1.28 bits per heavy atom. The van der Waals surface area contributed by atoms with Gasteiger partial charge in [-0.3, -0.25) is 14.5 Å². The maximum atomic E-state index is 11.9.